The molecule has 0 bridgehead atoms. The molecule has 1 heterocycles. The third-order valence-corrected chi connectivity index (χ3v) is 3.35. The van der Waals surface area contributed by atoms with Gasteiger partial charge in [0.1, 0.15) is 0 Å². The van der Waals surface area contributed by atoms with Crippen molar-refractivity contribution in [3.05, 3.63) is 5.28 Å². The van der Waals surface area contributed by atoms with Crippen molar-refractivity contribution in [1.29, 1.82) is 0 Å². The molecule has 0 atom stereocenters. The van der Waals surface area contributed by atoms with Gasteiger partial charge in [0, 0.05) is 13.1 Å². The Morgan fingerprint density at radius 2 is 1.82 bits per heavy atom. The van der Waals surface area contributed by atoms with Crippen LogP contribution in [-0.2, 0) is 0 Å². The fraction of sp³-hybridized carbons (Fsp3) is 0.727. The van der Waals surface area contributed by atoms with Crippen LogP contribution in [0.1, 0.15) is 33.1 Å². The molecule has 1 aromatic rings. The molecule has 0 unspecified atom stereocenters. The summed E-state index contributed by atoms with van der Waals surface area (Å²) in [4.78, 5) is 12.3. The predicted molar refractivity (Wildman–Crippen MR) is 69.4 cm³/mol. The van der Waals surface area contributed by atoms with Crippen LogP contribution in [-0.4, -0.2) is 28.0 Å². The number of anilines is 2. The SMILES string of the molecule is CCNc1nc(Cl)nc(NCC2(C)CCC2)n1. The van der Waals surface area contributed by atoms with Crippen LogP contribution in [0.2, 0.25) is 5.28 Å². The Balaban J connectivity index is 1.99. The van der Waals surface area contributed by atoms with Crippen molar-refractivity contribution in [3.63, 3.8) is 0 Å². The number of rotatable bonds is 5. The molecule has 1 aliphatic carbocycles. The highest BCUT2D eigenvalue weighted by Crippen LogP contribution is 2.39. The van der Waals surface area contributed by atoms with Crippen LogP contribution in [0.3, 0.4) is 0 Å². The molecule has 0 spiro atoms. The van der Waals surface area contributed by atoms with E-state index in [1.165, 1.54) is 19.3 Å². The van der Waals surface area contributed by atoms with E-state index in [-0.39, 0.29) is 5.28 Å². The van der Waals surface area contributed by atoms with Gasteiger partial charge in [0.25, 0.3) is 0 Å². The van der Waals surface area contributed by atoms with E-state index >= 15 is 0 Å². The minimum absolute atomic E-state index is 0.220. The molecule has 94 valence electrons. The van der Waals surface area contributed by atoms with Crippen molar-refractivity contribution in [2.24, 2.45) is 5.41 Å². The van der Waals surface area contributed by atoms with Gasteiger partial charge in [0.15, 0.2) is 0 Å². The van der Waals surface area contributed by atoms with E-state index in [1.54, 1.807) is 0 Å². The summed E-state index contributed by atoms with van der Waals surface area (Å²) >= 11 is 5.84. The van der Waals surface area contributed by atoms with Gasteiger partial charge in [-0.2, -0.15) is 15.0 Å². The second-order valence-electron chi connectivity index (χ2n) is 4.80. The van der Waals surface area contributed by atoms with E-state index in [0.717, 1.165) is 13.1 Å². The minimum Gasteiger partial charge on any atom is -0.354 e. The van der Waals surface area contributed by atoms with Gasteiger partial charge in [-0.05, 0) is 36.8 Å². The van der Waals surface area contributed by atoms with Crippen LogP contribution in [0, 0.1) is 5.41 Å². The Labute approximate surface area is 106 Å². The van der Waals surface area contributed by atoms with E-state index in [1.807, 2.05) is 6.92 Å². The Morgan fingerprint density at radius 3 is 2.35 bits per heavy atom. The van der Waals surface area contributed by atoms with E-state index < -0.39 is 0 Å². The highest BCUT2D eigenvalue weighted by molar-refractivity contribution is 6.28. The molecular formula is C11H18ClN5. The van der Waals surface area contributed by atoms with Crippen molar-refractivity contribution in [1.82, 2.24) is 15.0 Å². The fourth-order valence-corrected chi connectivity index (χ4v) is 2.08. The molecule has 0 aromatic carbocycles. The summed E-state index contributed by atoms with van der Waals surface area (Å²) in [6, 6.07) is 0. The molecule has 1 fully saturated rings. The molecule has 0 radical (unpaired) electrons. The Kier molecular flexibility index (Phi) is 3.66. The minimum atomic E-state index is 0.220. The van der Waals surface area contributed by atoms with Crippen molar-refractivity contribution in [3.8, 4) is 0 Å². The second kappa shape index (κ2) is 5.04. The molecule has 2 N–H and O–H groups in total. The van der Waals surface area contributed by atoms with Crippen LogP contribution in [0.5, 0.6) is 0 Å². The number of nitrogens with one attached hydrogen (secondary N) is 2. The first kappa shape index (κ1) is 12.4. The molecule has 1 saturated carbocycles. The lowest BCUT2D eigenvalue weighted by molar-refractivity contribution is 0.179. The first-order valence-electron chi connectivity index (χ1n) is 6.01. The van der Waals surface area contributed by atoms with Gasteiger partial charge in [0.2, 0.25) is 17.2 Å². The van der Waals surface area contributed by atoms with Gasteiger partial charge >= 0.3 is 0 Å². The zero-order valence-electron chi connectivity index (χ0n) is 10.3. The largest absolute Gasteiger partial charge is 0.354 e. The fourth-order valence-electron chi connectivity index (χ4n) is 1.92. The molecule has 5 nitrogen and oxygen atoms in total. The quantitative estimate of drug-likeness (QED) is 0.847. The molecule has 0 saturated heterocycles. The lowest BCUT2D eigenvalue weighted by Gasteiger charge is -2.38. The summed E-state index contributed by atoms with van der Waals surface area (Å²) in [5.74, 6) is 1.07. The lowest BCUT2D eigenvalue weighted by Crippen LogP contribution is -2.33. The van der Waals surface area contributed by atoms with E-state index in [0.29, 0.717) is 17.3 Å². The number of hydrogen-bond donors (Lipinski definition) is 2. The maximum atomic E-state index is 5.84. The van der Waals surface area contributed by atoms with Crippen LogP contribution in [0.15, 0.2) is 0 Å². The Bertz CT molecular complexity index is 391. The van der Waals surface area contributed by atoms with Crippen molar-refractivity contribution in [2.75, 3.05) is 23.7 Å². The Hall–Kier alpha value is -1.10. The van der Waals surface area contributed by atoms with Crippen LogP contribution in [0.4, 0.5) is 11.9 Å². The number of aromatic nitrogens is 3. The van der Waals surface area contributed by atoms with Crippen molar-refractivity contribution < 1.29 is 0 Å². The number of halogens is 1. The number of hydrogen-bond acceptors (Lipinski definition) is 5. The topological polar surface area (TPSA) is 62.7 Å². The van der Waals surface area contributed by atoms with Crippen LogP contribution >= 0.6 is 11.6 Å². The van der Waals surface area contributed by atoms with Gasteiger partial charge in [-0.25, -0.2) is 0 Å². The molecule has 2 rings (SSSR count). The maximum Gasteiger partial charge on any atom is 0.228 e. The summed E-state index contributed by atoms with van der Waals surface area (Å²) in [5, 5.41) is 6.49. The van der Waals surface area contributed by atoms with Crippen LogP contribution < -0.4 is 10.6 Å². The summed E-state index contributed by atoms with van der Waals surface area (Å²) in [6.45, 7) is 5.91. The van der Waals surface area contributed by atoms with Crippen molar-refractivity contribution >= 4 is 23.5 Å². The first-order chi connectivity index (χ1) is 8.11. The third kappa shape index (κ3) is 3.19. The normalized spacial score (nSPS) is 17.4. The highest BCUT2D eigenvalue weighted by atomic mass is 35.5. The molecule has 0 amide bonds. The average Bonchev–Trinajstić information content (AvgIpc) is 2.23. The molecule has 17 heavy (non-hydrogen) atoms. The van der Waals surface area contributed by atoms with Crippen LogP contribution in [0.25, 0.3) is 0 Å². The summed E-state index contributed by atoms with van der Waals surface area (Å²) in [5.41, 5.74) is 0.386. The monoisotopic (exact) mass is 255 g/mol. The zero-order valence-corrected chi connectivity index (χ0v) is 11.0. The first-order valence-corrected chi connectivity index (χ1v) is 6.38. The zero-order chi connectivity index (χ0) is 12.3. The van der Waals surface area contributed by atoms with Gasteiger partial charge < -0.3 is 10.6 Å². The van der Waals surface area contributed by atoms with E-state index in [9.17, 15) is 0 Å². The molecule has 1 aliphatic rings. The molecule has 0 aliphatic heterocycles. The lowest BCUT2D eigenvalue weighted by atomic mass is 9.70. The smallest absolute Gasteiger partial charge is 0.228 e. The third-order valence-electron chi connectivity index (χ3n) is 3.18. The highest BCUT2D eigenvalue weighted by Gasteiger charge is 2.31. The second-order valence-corrected chi connectivity index (χ2v) is 5.14. The molecule has 1 aromatic heterocycles. The van der Waals surface area contributed by atoms with Gasteiger partial charge in [-0.1, -0.05) is 13.3 Å². The summed E-state index contributed by atoms with van der Waals surface area (Å²) < 4.78 is 0. The molecular weight excluding hydrogens is 238 g/mol. The maximum absolute atomic E-state index is 5.84. The number of nitrogens with zero attached hydrogens (tertiary/aromatic N) is 3. The van der Waals surface area contributed by atoms with Crippen molar-refractivity contribution in [2.45, 2.75) is 33.1 Å². The van der Waals surface area contributed by atoms with E-state index in [2.05, 4.69) is 32.5 Å². The van der Waals surface area contributed by atoms with E-state index in [4.69, 9.17) is 11.6 Å². The van der Waals surface area contributed by atoms with Gasteiger partial charge in [0.05, 0.1) is 0 Å². The summed E-state index contributed by atoms with van der Waals surface area (Å²) in [7, 11) is 0. The predicted octanol–water partition coefficient (Wildman–Crippen LogP) is 2.56. The molecule has 6 heteroatoms. The summed E-state index contributed by atoms with van der Waals surface area (Å²) in [6.07, 6.45) is 3.84. The Morgan fingerprint density at radius 1 is 1.18 bits per heavy atom. The van der Waals surface area contributed by atoms with Gasteiger partial charge in [-0.15, -0.1) is 0 Å². The standard InChI is InChI=1S/C11H18ClN5/c1-3-13-9-15-8(12)16-10(17-9)14-7-11(2)5-4-6-11/h3-7H2,1-2H3,(H2,13,14,15,16,17). The average molecular weight is 256 g/mol. The van der Waals surface area contributed by atoms with Gasteiger partial charge in [-0.3, -0.25) is 0 Å².